The molecule has 0 bridgehead atoms. The molecule has 3 rings (SSSR count). The molecule has 0 unspecified atom stereocenters. The summed E-state index contributed by atoms with van der Waals surface area (Å²) in [6, 6.07) is 5.79. The standard InChI is InChI=1S/C23H29N3O3S/c1-5-7-11-28-20-10-9-18(14-21(20)29-12-8-6-2)13-19-17(4)25-26(22(19)27)23-24-16(3)15-30-23/h9-10,13-15H,5-8,11-12H2,1-4H3. The van der Waals surface area contributed by atoms with Crippen molar-refractivity contribution in [3.63, 3.8) is 0 Å². The lowest BCUT2D eigenvalue weighted by Gasteiger charge is -2.13. The third-order valence-corrected chi connectivity index (χ3v) is 5.57. The van der Waals surface area contributed by atoms with Gasteiger partial charge in [0.05, 0.1) is 30.2 Å². The van der Waals surface area contributed by atoms with Crippen LogP contribution in [-0.4, -0.2) is 29.8 Å². The average Bonchev–Trinajstić information content (AvgIpc) is 3.28. The summed E-state index contributed by atoms with van der Waals surface area (Å²) in [7, 11) is 0. The van der Waals surface area contributed by atoms with E-state index in [1.807, 2.05) is 43.5 Å². The van der Waals surface area contributed by atoms with Crippen molar-refractivity contribution in [2.45, 2.75) is 53.4 Å². The van der Waals surface area contributed by atoms with Gasteiger partial charge in [-0.25, -0.2) is 4.98 Å². The lowest BCUT2D eigenvalue weighted by molar-refractivity contribution is -0.114. The Morgan fingerprint density at radius 1 is 1.07 bits per heavy atom. The van der Waals surface area contributed by atoms with E-state index in [1.54, 1.807) is 0 Å². The van der Waals surface area contributed by atoms with E-state index in [2.05, 4.69) is 23.9 Å². The predicted molar refractivity (Wildman–Crippen MR) is 123 cm³/mol. The average molecular weight is 428 g/mol. The van der Waals surface area contributed by atoms with Gasteiger partial charge in [0.25, 0.3) is 5.91 Å². The molecule has 0 spiro atoms. The number of amides is 1. The van der Waals surface area contributed by atoms with E-state index in [-0.39, 0.29) is 5.91 Å². The Morgan fingerprint density at radius 2 is 1.77 bits per heavy atom. The molecule has 30 heavy (non-hydrogen) atoms. The molecule has 1 amide bonds. The first kappa shape index (κ1) is 22.0. The number of hydrogen-bond acceptors (Lipinski definition) is 6. The molecule has 2 heterocycles. The first-order valence-corrected chi connectivity index (χ1v) is 11.3. The Morgan fingerprint density at radius 3 is 2.40 bits per heavy atom. The molecule has 6 nitrogen and oxygen atoms in total. The van der Waals surface area contributed by atoms with Gasteiger partial charge in [-0.2, -0.15) is 10.1 Å². The molecule has 1 aliphatic heterocycles. The molecule has 1 aromatic carbocycles. The number of rotatable bonds is 10. The molecular formula is C23H29N3O3S. The van der Waals surface area contributed by atoms with Crippen LogP contribution in [0.5, 0.6) is 11.5 Å². The normalized spacial score (nSPS) is 15.1. The summed E-state index contributed by atoms with van der Waals surface area (Å²) in [5, 5.41) is 8.28. The molecular weight excluding hydrogens is 398 g/mol. The molecule has 0 radical (unpaired) electrons. The van der Waals surface area contributed by atoms with Crippen LogP contribution in [0.1, 0.15) is 57.7 Å². The molecule has 7 heteroatoms. The Bertz CT molecular complexity index is 949. The molecule has 0 saturated carbocycles. The Kier molecular flexibility index (Phi) is 7.63. The first-order chi connectivity index (χ1) is 14.5. The largest absolute Gasteiger partial charge is 0.490 e. The van der Waals surface area contributed by atoms with Gasteiger partial charge >= 0.3 is 0 Å². The number of hydrazone groups is 1. The molecule has 0 saturated heterocycles. The van der Waals surface area contributed by atoms with E-state index < -0.39 is 0 Å². The summed E-state index contributed by atoms with van der Waals surface area (Å²) in [6.07, 6.45) is 5.96. The van der Waals surface area contributed by atoms with Gasteiger partial charge in [-0.05, 0) is 50.5 Å². The van der Waals surface area contributed by atoms with Crippen molar-refractivity contribution in [1.82, 2.24) is 4.98 Å². The maximum absolute atomic E-state index is 12.9. The van der Waals surface area contributed by atoms with Gasteiger partial charge in [0, 0.05) is 5.38 Å². The second-order valence-electron chi connectivity index (χ2n) is 7.24. The number of aryl methyl sites for hydroxylation is 1. The second-order valence-corrected chi connectivity index (χ2v) is 8.08. The Labute approximate surface area is 182 Å². The summed E-state index contributed by atoms with van der Waals surface area (Å²) in [5.41, 5.74) is 2.98. The molecule has 1 aromatic heterocycles. The van der Waals surface area contributed by atoms with Gasteiger partial charge in [0.2, 0.25) is 5.13 Å². The quantitative estimate of drug-likeness (QED) is 0.365. The van der Waals surface area contributed by atoms with Gasteiger partial charge in [-0.15, -0.1) is 11.3 Å². The Balaban J connectivity index is 1.83. The van der Waals surface area contributed by atoms with Crippen molar-refractivity contribution in [2.75, 3.05) is 18.2 Å². The van der Waals surface area contributed by atoms with Gasteiger partial charge in [-0.1, -0.05) is 32.8 Å². The van der Waals surface area contributed by atoms with Crippen molar-refractivity contribution < 1.29 is 14.3 Å². The fourth-order valence-corrected chi connectivity index (χ4v) is 3.67. The number of hydrogen-bond donors (Lipinski definition) is 0. The highest BCUT2D eigenvalue weighted by atomic mass is 32.1. The summed E-state index contributed by atoms with van der Waals surface area (Å²) in [5.74, 6) is 1.28. The van der Waals surface area contributed by atoms with Crippen molar-refractivity contribution >= 4 is 34.2 Å². The zero-order chi connectivity index (χ0) is 21.5. The molecule has 1 aliphatic rings. The van der Waals surface area contributed by atoms with E-state index in [4.69, 9.17) is 9.47 Å². The van der Waals surface area contributed by atoms with Crippen LogP contribution in [0.2, 0.25) is 0 Å². The van der Waals surface area contributed by atoms with Crippen molar-refractivity contribution in [3.05, 3.63) is 40.4 Å². The SMILES string of the molecule is CCCCOc1ccc(C=C2C(=O)N(c3nc(C)cs3)N=C2C)cc1OCCCC. The number of nitrogens with zero attached hydrogens (tertiary/aromatic N) is 3. The number of thiazole rings is 1. The van der Waals surface area contributed by atoms with Crippen LogP contribution in [0.15, 0.2) is 34.3 Å². The van der Waals surface area contributed by atoms with Crippen molar-refractivity contribution in [1.29, 1.82) is 0 Å². The number of benzene rings is 1. The van der Waals surface area contributed by atoms with Crippen LogP contribution in [0, 0.1) is 6.92 Å². The lowest BCUT2D eigenvalue weighted by atomic mass is 10.1. The van der Waals surface area contributed by atoms with E-state index in [1.165, 1.54) is 16.3 Å². The molecule has 0 fully saturated rings. The van der Waals surface area contributed by atoms with Crippen LogP contribution in [0.4, 0.5) is 5.13 Å². The highest BCUT2D eigenvalue weighted by Gasteiger charge is 2.30. The summed E-state index contributed by atoms with van der Waals surface area (Å²) in [6.45, 7) is 9.30. The first-order valence-electron chi connectivity index (χ1n) is 10.5. The Hall–Kier alpha value is -2.67. The van der Waals surface area contributed by atoms with Crippen LogP contribution in [0.3, 0.4) is 0 Å². The minimum absolute atomic E-state index is 0.168. The van der Waals surface area contributed by atoms with Crippen LogP contribution in [-0.2, 0) is 4.79 Å². The fourth-order valence-electron chi connectivity index (χ4n) is 2.92. The van der Waals surface area contributed by atoms with E-state index >= 15 is 0 Å². The van der Waals surface area contributed by atoms with Crippen molar-refractivity contribution in [2.24, 2.45) is 5.10 Å². The van der Waals surface area contributed by atoms with Gasteiger partial charge in [0.1, 0.15) is 0 Å². The highest BCUT2D eigenvalue weighted by Crippen LogP contribution is 2.32. The fraction of sp³-hybridized carbons (Fsp3) is 0.435. The molecule has 160 valence electrons. The van der Waals surface area contributed by atoms with Crippen molar-refractivity contribution in [3.8, 4) is 11.5 Å². The number of anilines is 1. The predicted octanol–water partition coefficient (Wildman–Crippen LogP) is 5.62. The monoisotopic (exact) mass is 427 g/mol. The van der Waals surface area contributed by atoms with Gasteiger partial charge < -0.3 is 9.47 Å². The van der Waals surface area contributed by atoms with E-state index in [0.717, 1.165) is 42.7 Å². The van der Waals surface area contributed by atoms with Gasteiger partial charge in [0.15, 0.2) is 11.5 Å². The zero-order valence-electron chi connectivity index (χ0n) is 18.1. The van der Waals surface area contributed by atoms with Gasteiger partial charge in [-0.3, -0.25) is 4.79 Å². The summed E-state index contributed by atoms with van der Waals surface area (Å²) >= 11 is 1.41. The molecule has 0 atom stereocenters. The zero-order valence-corrected chi connectivity index (χ0v) is 18.9. The molecule has 0 N–H and O–H groups in total. The topological polar surface area (TPSA) is 64.0 Å². The smallest absolute Gasteiger partial charge is 0.282 e. The second kappa shape index (κ2) is 10.4. The van der Waals surface area contributed by atoms with Crippen LogP contribution < -0.4 is 14.5 Å². The maximum atomic E-state index is 12.9. The molecule has 2 aromatic rings. The van der Waals surface area contributed by atoms with Crippen LogP contribution in [0.25, 0.3) is 6.08 Å². The third-order valence-electron chi connectivity index (χ3n) is 4.64. The molecule has 0 aliphatic carbocycles. The van der Waals surface area contributed by atoms with Crippen LogP contribution >= 0.6 is 11.3 Å². The number of carbonyl (C=O) groups is 1. The number of ether oxygens (including phenoxy) is 2. The number of unbranched alkanes of at least 4 members (excludes halogenated alkanes) is 2. The van der Waals surface area contributed by atoms with E-state index in [9.17, 15) is 4.79 Å². The lowest BCUT2D eigenvalue weighted by Crippen LogP contribution is -2.21. The number of carbonyl (C=O) groups excluding carboxylic acids is 1. The minimum atomic E-state index is -0.168. The third kappa shape index (κ3) is 5.27. The summed E-state index contributed by atoms with van der Waals surface area (Å²) in [4.78, 5) is 17.3. The summed E-state index contributed by atoms with van der Waals surface area (Å²) < 4.78 is 11.9. The van der Waals surface area contributed by atoms with E-state index in [0.29, 0.717) is 35.4 Å². The number of aromatic nitrogens is 1. The maximum Gasteiger partial charge on any atom is 0.282 e. The minimum Gasteiger partial charge on any atom is -0.490 e. The highest BCUT2D eigenvalue weighted by molar-refractivity contribution is 7.14.